The summed E-state index contributed by atoms with van der Waals surface area (Å²) in [7, 11) is 0. The Labute approximate surface area is 114 Å². The molecule has 0 bridgehead atoms. The van der Waals surface area contributed by atoms with E-state index in [0.29, 0.717) is 29.4 Å². The van der Waals surface area contributed by atoms with Gasteiger partial charge in [-0.1, -0.05) is 37.4 Å². The monoisotopic (exact) mass is 266 g/mol. The van der Waals surface area contributed by atoms with Gasteiger partial charge in [-0.3, -0.25) is 4.79 Å². The minimum absolute atomic E-state index is 0.493. The molecule has 0 fully saturated rings. The van der Waals surface area contributed by atoms with Crippen molar-refractivity contribution in [2.24, 2.45) is 0 Å². The minimum atomic E-state index is 0.493. The second kappa shape index (κ2) is 7.93. The maximum Gasteiger partial charge on any atom is 0.150 e. The molecule has 0 spiro atoms. The van der Waals surface area contributed by atoms with Gasteiger partial charge in [0, 0.05) is 11.1 Å². The molecule has 0 saturated carbocycles. The maximum absolute atomic E-state index is 10.8. The SMILES string of the molecule is C=CCc1cc(C=O)cc(Cl)c1OCCCCC. The van der Waals surface area contributed by atoms with Gasteiger partial charge in [0.05, 0.1) is 11.6 Å². The van der Waals surface area contributed by atoms with Crippen molar-refractivity contribution in [3.63, 3.8) is 0 Å². The summed E-state index contributed by atoms with van der Waals surface area (Å²) >= 11 is 6.14. The Morgan fingerprint density at radius 3 is 2.78 bits per heavy atom. The van der Waals surface area contributed by atoms with Crippen molar-refractivity contribution in [3.05, 3.63) is 40.9 Å². The van der Waals surface area contributed by atoms with Crippen molar-refractivity contribution in [1.29, 1.82) is 0 Å². The van der Waals surface area contributed by atoms with Gasteiger partial charge in [0.25, 0.3) is 0 Å². The first-order valence-electron chi connectivity index (χ1n) is 6.24. The average Bonchev–Trinajstić information content (AvgIpc) is 2.37. The summed E-state index contributed by atoms with van der Waals surface area (Å²) in [5.41, 5.74) is 1.48. The molecular formula is C15H19ClO2. The van der Waals surface area contributed by atoms with Crippen molar-refractivity contribution >= 4 is 17.9 Å². The molecule has 98 valence electrons. The van der Waals surface area contributed by atoms with Crippen molar-refractivity contribution in [2.45, 2.75) is 32.6 Å². The summed E-state index contributed by atoms with van der Waals surface area (Å²) in [5.74, 6) is 0.679. The summed E-state index contributed by atoms with van der Waals surface area (Å²) in [6.45, 7) is 6.50. The molecule has 2 nitrogen and oxygen atoms in total. The van der Waals surface area contributed by atoms with Crippen LogP contribution in [0.2, 0.25) is 5.02 Å². The van der Waals surface area contributed by atoms with Crippen molar-refractivity contribution in [2.75, 3.05) is 6.61 Å². The normalized spacial score (nSPS) is 10.1. The van der Waals surface area contributed by atoms with E-state index in [0.717, 1.165) is 31.1 Å². The highest BCUT2D eigenvalue weighted by Gasteiger charge is 2.10. The Kier molecular flexibility index (Phi) is 6.51. The van der Waals surface area contributed by atoms with E-state index in [1.54, 1.807) is 18.2 Å². The predicted molar refractivity (Wildman–Crippen MR) is 75.8 cm³/mol. The molecule has 0 N–H and O–H groups in total. The van der Waals surface area contributed by atoms with Crippen molar-refractivity contribution in [3.8, 4) is 5.75 Å². The summed E-state index contributed by atoms with van der Waals surface area (Å²) < 4.78 is 5.73. The second-order valence-electron chi connectivity index (χ2n) is 4.16. The van der Waals surface area contributed by atoms with E-state index < -0.39 is 0 Å². The van der Waals surface area contributed by atoms with Gasteiger partial charge < -0.3 is 4.74 Å². The maximum atomic E-state index is 10.8. The summed E-state index contributed by atoms with van der Waals surface area (Å²) in [4.78, 5) is 10.8. The first-order valence-corrected chi connectivity index (χ1v) is 6.62. The molecule has 0 amide bonds. The number of aldehydes is 1. The molecule has 1 aromatic carbocycles. The van der Waals surface area contributed by atoms with Crippen molar-refractivity contribution in [1.82, 2.24) is 0 Å². The third kappa shape index (κ3) is 4.19. The number of halogens is 1. The summed E-state index contributed by atoms with van der Waals surface area (Å²) in [6.07, 6.45) is 6.51. The van der Waals surface area contributed by atoms with Crippen LogP contribution in [0.25, 0.3) is 0 Å². The standard InChI is InChI=1S/C15H19ClO2/c1-3-5-6-8-18-15-13(7-4-2)9-12(11-17)10-14(15)16/h4,9-11H,2-3,5-8H2,1H3. The van der Waals surface area contributed by atoms with Gasteiger partial charge in [-0.25, -0.2) is 0 Å². The van der Waals surface area contributed by atoms with E-state index in [1.165, 1.54) is 0 Å². The molecule has 3 heteroatoms. The van der Waals surface area contributed by atoms with Crippen LogP contribution in [0.3, 0.4) is 0 Å². The van der Waals surface area contributed by atoms with Crippen molar-refractivity contribution < 1.29 is 9.53 Å². The molecule has 0 radical (unpaired) electrons. The summed E-state index contributed by atoms with van der Waals surface area (Å²) in [5, 5.41) is 0.493. The highest BCUT2D eigenvalue weighted by atomic mass is 35.5. The number of carbonyl (C=O) groups excluding carboxylic acids is 1. The first kappa shape index (κ1) is 14.8. The zero-order chi connectivity index (χ0) is 13.4. The molecule has 1 rings (SSSR count). The number of unbranched alkanes of at least 4 members (excludes halogenated alkanes) is 2. The topological polar surface area (TPSA) is 26.3 Å². The Balaban J connectivity index is 2.86. The fraction of sp³-hybridized carbons (Fsp3) is 0.400. The quantitative estimate of drug-likeness (QED) is 0.395. The molecule has 0 unspecified atom stereocenters. The Morgan fingerprint density at radius 1 is 1.39 bits per heavy atom. The Bertz CT molecular complexity index is 413. The van der Waals surface area contributed by atoms with Gasteiger partial charge in [0.15, 0.2) is 0 Å². The molecular weight excluding hydrogens is 248 g/mol. The van der Waals surface area contributed by atoms with Crippen LogP contribution in [0.1, 0.15) is 42.1 Å². The van der Waals surface area contributed by atoms with E-state index in [-0.39, 0.29) is 0 Å². The molecule has 0 aliphatic carbocycles. The number of hydrogen-bond donors (Lipinski definition) is 0. The Morgan fingerprint density at radius 2 is 2.17 bits per heavy atom. The molecule has 0 aliphatic heterocycles. The fourth-order valence-corrected chi connectivity index (χ4v) is 2.04. The minimum Gasteiger partial charge on any atom is -0.492 e. The lowest BCUT2D eigenvalue weighted by atomic mass is 10.1. The highest BCUT2D eigenvalue weighted by molar-refractivity contribution is 6.32. The van der Waals surface area contributed by atoms with Crippen LogP contribution in [0, 0.1) is 0 Å². The molecule has 0 atom stereocenters. The zero-order valence-corrected chi connectivity index (χ0v) is 11.5. The van der Waals surface area contributed by atoms with Gasteiger partial charge in [0.1, 0.15) is 12.0 Å². The third-order valence-corrected chi connectivity index (χ3v) is 2.92. The smallest absolute Gasteiger partial charge is 0.150 e. The van der Waals surface area contributed by atoms with Crippen LogP contribution in [0.15, 0.2) is 24.8 Å². The first-order chi connectivity index (χ1) is 8.72. The lowest BCUT2D eigenvalue weighted by Gasteiger charge is -2.13. The average molecular weight is 267 g/mol. The van der Waals surface area contributed by atoms with Gasteiger partial charge >= 0.3 is 0 Å². The lowest BCUT2D eigenvalue weighted by molar-refractivity contribution is 0.112. The molecule has 0 aliphatic rings. The molecule has 1 aromatic rings. The molecule has 18 heavy (non-hydrogen) atoms. The largest absolute Gasteiger partial charge is 0.492 e. The number of carbonyl (C=O) groups is 1. The zero-order valence-electron chi connectivity index (χ0n) is 10.7. The van der Waals surface area contributed by atoms with Gasteiger partial charge in [0.2, 0.25) is 0 Å². The number of allylic oxidation sites excluding steroid dienone is 1. The number of benzene rings is 1. The third-order valence-electron chi connectivity index (χ3n) is 2.64. The fourth-order valence-electron chi connectivity index (χ4n) is 1.74. The highest BCUT2D eigenvalue weighted by Crippen LogP contribution is 2.31. The number of rotatable bonds is 8. The van der Waals surface area contributed by atoms with E-state index >= 15 is 0 Å². The molecule has 0 aromatic heterocycles. The summed E-state index contributed by atoms with van der Waals surface area (Å²) in [6, 6.07) is 3.44. The molecule has 0 saturated heterocycles. The van der Waals surface area contributed by atoms with E-state index in [2.05, 4.69) is 13.5 Å². The lowest BCUT2D eigenvalue weighted by Crippen LogP contribution is -2.01. The van der Waals surface area contributed by atoms with Gasteiger partial charge in [-0.2, -0.15) is 0 Å². The van der Waals surface area contributed by atoms with Crippen LogP contribution in [0.5, 0.6) is 5.75 Å². The predicted octanol–water partition coefficient (Wildman–Crippen LogP) is 4.45. The van der Waals surface area contributed by atoms with E-state index in [4.69, 9.17) is 16.3 Å². The van der Waals surface area contributed by atoms with Crippen LogP contribution >= 0.6 is 11.6 Å². The van der Waals surface area contributed by atoms with Crippen LogP contribution in [-0.2, 0) is 6.42 Å². The Hall–Kier alpha value is -1.28. The van der Waals surface area contributed by atoms with E-state index in [1.807, 2.05) is 0 Å². The second-order valence-corrected chi connectivity index (χ2v) is 4.56. The number of hydrogen-bond acceptors (Lipinski definition) is 2. The number of ether oxygens (including phenoxy) is 1. The van der Waals surface area contributed by atoms with Gasteiger partial charge in [-0.05, 0) is 25.0 Å². The molecule has 0 heterocycles. The van der Waals surface area contributed by atoms with Crippen LogP contribution in [-0.4, -0.2) is 12.9 Å². The van der Waals surface area contributed by atoms with Gasteiger partial charge in [-0.15, -0.1) is 6.58 Å². The van der Waals surface area contributed by atoms with E-state index in [9.17, 15) is 4.79 Å². The van der Waals surface area contributed by atoms with Crippen LogP contribution in [0.4, 0.5) is 0 Å². The van der Waals surface area contributed by atoms with Crippen LogP contribution < -0.4 is 4.74 Å².